The Morgan fingerprint density at radius 1 is 1.75 bits per heavy atom. The van der Waals surface area contributed by atoms with Crippen molar-refractivity contribution in [3.05, 3.63) is 0 Å². The monoisotopic (exact) mass is 187 g/mol. The molecule has 0 atom stereocenters. The molecule has 0 radical (unpaired) electrons. The van der Waals surface area contributed by atoms with Gasteiger partial charge < -0.3 is 4.74 Å². The van der Waals surface area contributed by atoms with E-state index in [2.05, 4.69) is 9.73 Å². The first-order valence-electron chi connectivity index (χ1n) is 4.06. The van der Waals surface area contributed by atoms with Crippen molar-refractivity contribution in [2.45, 2.75) is 19.3 Å². The second-order valence-corrected chi connectivity index (χ2v) is 3.72. The maximum absolute atomic E-state index is 10.7. The van der Waals surface area contributed by atoms with Gasteiger partial charge in [0.2, 0.25) is 0 Å². The highest BCUT2D eigenvalue weighted by Crippen LogP contribution is 2.16. The first kappa shape index (κ1) is 9.58. The number of aliphatic imine (C=N–C) groups is 1. The molecule has 0 aliphatic carbocycles. The smallest absolute Gasteiger partial charge is 0.305 e. The zero-order valence-corrected chi connectivity index (χ0v) is 8.02. The van der Waals surface area contributed by atoms with Crippen LogP contribution in [-0.2, 0) is 9.53 Å². The van der Waals surface area contributed by atoms with Gasteiger partial charge in [-0.15, -0.1) is 11.8 Å². The molecule has 0 unspecified atom stereocenters. The molecule has 0 bridgehead atoms. The van der Waals surface area contributed by atoms with E-state index < -0.39 is 0 Å². The third-order valence-electron chi connectivity index (χ3n) is 1.65. The molecule has 12 heavy (non-hydrogen) atoms. The van der Waals surface area contributed by atoms with E-state index in [0.29, 0.717) is 6.42 Å². The van der Waals surface area contributed by atoms with Gasteiger partial charge in [-0.3, -0.25) is 9.79 Å². The van der Waals surface area contributed by atoms with Crippen LogP contribution in [0.4, 0.5) is 0 Å². The summed E-state index contributed by atoms with van der Waals surface area (Å²) < 4.78 is 4.53. The van der Waals surface area contributed by atoms with Gasteiger partial charge in [-0.1, -0.05) is 0 Å². The van der Waals surface area contributed by atoms with Gasteiger partial charge in [0, 0.05) is 18.7 Å². The highest BCUT2D eigenvalue weighted by molar-refractivity contribution is 8.14. The van der Waals surface area contributed by atoms with Crippen LogP contribution >= 0.6 is 11.8 Å². The van der Waals surface area contributed by atoms with Crippen LogP contribution < -0.4 is 0 Å². The number of methoxy groups -OCH3 is 1. The number of ether oxygens (including phenoxy) is 1. The lowest BCUT2D eigenvalue weighted by Crippen LogP contribution is -2.00. The molecule has 4 heteroatoms. The summed E-state index contributed by atoms with van der Waals surface area (Å²) in [4.78, 5) is 15.0. The number of thioether (sulfide) groups is 1. The van der Waals surface area contributed by atoms with Crippen LogP contribution in [0.1, 0.15) is 19.3 Å². The Morgan fingerprint density at radius 3 is 3.17 bits per heavy atom. The molecule has 0 spiro atoms. The summed E-state index contributed by atoms with van der Waals surface area (Å²) in [6.45, 7) is 0.943. The number of nitrogens with zero attached hydrogens (tertiary/aromatic N) is 1. The predicted octanol–water partition coefficient (Wildman–Crippen LogP) is 1.47. The Bertz CT molecular complexity index is 191. The van der Waals surface area contributed by atoms with E-state index >= 15 is 0 Å². The summed E-state index contributed by atoms with van der Waals surface area (Å²) in [5.74, 6) is 0.978. The minimum atomic E-state index is -0.126. The minimum Gasteiger partial charge on any atom is -0.469 e. The van der Waals surface area contributed by atoms with Gasteiger partial charge in [-0.25, -0.2) is 0 Å². The predicted molar refractivity (Wildman–Crippen MR) is 50.6 cm³/mol. The second-order valence-electron chi connectivity index (χ2n) is 2.55. The van der Waals surface area contributed by atoms with Crippen LogP contribution in [0.5, 0.6) is 0 Å². The minimum absolute atomic E-state index is 0.126. The van der Waals surface area contributed by atoms with Gasteiger partial charge in [0.25, 0.3) is 0 Å². The molecule has 0 aromatic heterocycles. The number of rotatable bonds is 4. The Kier molecular flexibility index (Phi) is 4.14. The fourth-order valence-electron chi connectivity index (χ4n) is 1.02. The SMILES string of the molecule is COC(=O)CCCC1=NCCS1. The highest BCUT2D eigenvalue weighted by atomic mass is 32.2. The molecular formula is C8H13NO2S. The Hall–Kier alpha value is -0.510. The number of carbonyl (C=O) groups is 1. The zero-order valence-electron chi connectivity index (χ0n) is 7.21. The van der Waals surface area contributed by atoms with Gasteiger partial charge in [0.1, 0.15) is 0 Å². The largest absolute Gasteiger partial charge is 0.469 e. The number of hydrogen-bond acceptors (Lipinski definition) is 4. The average molecular weight is 187 g/mol. The van der Waals surface area contributed by atoms with Gasteiger partial charge in [0.05, 0.1) is 12.2 Å². The van der Waals surface area contributed by atoms with E-state index in [4.69, 9.17) is 0 Å². The van der Waals surface area contributed by atoms with Crippen molar-refractivity contribution in [2.75, 3.05) is 19.4 Å². The van der Waals surface area contributed by atoms with E-state index in [1.807, 2.05) is 0 Å². The summed E-state index contributed by atoms with van der Waals surface area (Å²) >= 11 is 1.80. The van der Waals surface area contributed by atoms with Gasteiger partial charge in [0.15, 0.2) is 0 Å². The van der Waals surface area contributed by atoms with Gasteiger partial charge in [-0.05, 0) is 12.8 Å². The Balaban J connectivity index is 2.05. The van der Waals surface area contributed by atoms with Crippen molar-refractivity contribution in [3.63, 3.8) is 0 Å². The first-order chi connectivity index (χ1) is 5.83. The third kappa shape index (κ3) is 3.26. The van der Waals surface area contributed by atoms with Gasteiger partial charge >= 0.3 is 5.97 Å². The van der Waals surface area contributed by atoms with Crippen LogP contribution in [0, 0.1) is 0 Å². The summed E-state index contributed by atoms with van der Waals surface area (Å²) in [7, 11) is 1.42. The van der Waals surface area contributed by atoms with Crippen LogP contribution in [0.25, 0.3) is 0 Å². The third-order valence-corrected chi connectivity index (χ3v) is 2.70. The zero-order chi connectivity index (χ0) is 8.81. The highest BCUT2D eigenvalue weighted by Gasteiger charge is 2.07. The molecular weight excluding hydrogens is 174 g/mol. The van der Waals surface area contributed by atoms with Crippen molar-refractivity contribution in [1.29, 1.82) is 0 Å². The molecule has 1 heterocycles. The maximum Gasteiger partial charge on any atom is 0.305 e. The van der Waals surface area contributed by atoms with Crippen molar-refractivity contribution in [2.24, 2.45) is 4.99 Å². The molecule has 0 saturated heterocycles. The number of hydrogen-bond donors (Lipinski definition) is 0. The standard InChI is InChI=1S/C8H13NO2S/c1-11-8(10)4-2-3-7-9-5-6-12-7/h2-6H2,1H3. The molecule has 0 fully saturated rings. The number of esters is 1. The topological polar surface area (TPSA) is 38.7 Å². The first-order valence-corrected chi connectivity index (χ1v) is 5.04. The van der Waals surface area contributed by atoms with E-state index in [1.54, 1.807) is 11.8 Å². The molecule has 0 amide bonds. The molecule has 1 aliphatic heterocycles. The van der Waals surface area contributed by atoms with Crippen LogP contribution in [-0.4, -0.2) is 30.4 Å². The lowest BCUT2D eigenvalue weighted by Gasteiger charge is -1.98. The summed E-state index contributed by atoms with van der Waals surface area (Å²) in [5.41, 5.74) is 0. The van der Waals surface area contributed by atoms with E-state index in [0.717, 1.165) is 25.1 Å². The average Bonchev–Trinajstić information content (AvgIpc) is 2.57. The van der Waals surface area contributed by atoms with E-state index in [1.165, 1.54) is 12.2 Å². The Morgan fingerprint density at radius 2 is 2.58 bits per heavy atom. The van der Waals surface area contributed by atoms with Crippen molar-refractivity contribution in [3.8, 4) is 0 Å². The lowest BCUT2D eigenvalue weighted by molar-refractivity contribution is -0.140. The molecule has 1 aliphatic rings. The molecule has 1 rings (SSSR count). The fraction of sp³-hybridized carbons (Fsp3) is 0.750. The van der Waals surface area contributed by atoms with E-state index in [-0.39, 0.29) is 5.97 Å². The molecule has 0 N–H and O–H groups in total. The number of carbonyl (C=O) groups excluding carboxylic acids is 1. The molecule has 0 aromatic carbocycles. The van der Waals surface area contributed by atoms with Crippen molar-refractivity contribution < 1.29 is 9.53 Å². The van der Waals surface area contributed by atoms with E-state index in [9.17, 15) is 4.79 Å². The fourth-order valence-corrected chi connectivity index (χ4v) is 1.91. The quantitative estimate of drug-likeness (QED) is 0.626. The molecule has 68 valence electrons. The van der Waals surface area contributed by atoms with Gasteiger partial charge in [-0.2, -0.15) is 0 Å². The summed E-state index contributed by atoms with van der Waals surface area (Å²) in [5, 5.41) is 1.19. The summed E-state index contributed by atoms with van der Waals surface area (Å²) in [6.07, 6.45) is 2.30. The lowest BCUT2D eigenvalue weighted by atomic mass is 10.2. The van der Waals surface area contributed by atoms with Crippen LogP contribution in [0.15, 0.2) is 4.99 Å². The van der Waals surface area contributed by atoms with Crippen molar-refractivity contribution in [1.82, 2.24) is 0 Å². The van der Waals surface area contributed by atoms with Crippen LogP contribution in [0.2, 0.25) is 0 Å². The molecule has 0 saturated carbocycles. The molecule has 3 nitrogen and oxygen atoms in total. The van der Waals surface area contributed by atoms with Crippen LogP contribution in [0.3, 0.4) is 0 Å². The molecule has 0 aromatic rings. The Labute approximate surface area is 76.6 Å². The summed E-state index contributed by atoms with van der Waals surface area (Å²) in [6, 6.07) is 0. The second kappa shape index (κ2) is 5.19. The maximum atomic E-state index is 10.7. The van der Waals surface area contributed by atoms with Crippen molar-refractivity contribution >= 4 is 22.8 Å². The normalized spacial score (nSPS) is 15.9.